The molecule has 21 heavy (non-hydrogen) atoms. The predicted molar refractivity (Wildman–Crippen MR) is 82.1 cm³/mol. The summed E-state index contributed by atoms with van der Waals surface area (Å²) in [4.78, 5) is 0.369. The summed E-state index contributed by atoms with van der Waals surface area (Å²) < 4.78 is 28.6. The molecule has 0 aliphatic rings. The molecule has 1 aromatic carbocycles. The normalized spacial score (nSPS) is 11.5. The third-order valence-electron chi connectivity index (χ3n) is 2.91. The first kappa shape index (κ1) is 15.5. The van der Waals surface area contributed by atoms with E-state index in [2.05, 4.69) is 14.9 Å². The Bertz CT molecular complexity index is 737. The van der Waals surface area contributed by atoms with Crippen LogP contribution in [0, 0.1) is 0 Å². The van der Waals surface area contributed by atoms with Gasteiger partial charge >= 0.3 is 0 Å². The van der Waals surface area contributed by atoms with Gasteiger partial charge in [0.25, 0.3) is 0 Å². The van der Waals surface area contributed by atoms with Gasteiger partial charge in [-0.2, -0.15) is 0 Å². The van der Waals surface area contributed by atoms with Crippen LogP contribution in [0.25, 0.3) is 0 Å². The molecule has 7 nitrogen and oxygen atoms in total. The van der Waals surface area contributed by atoms with Crippen LogP contribution >= 0.6 is 12.2 Å². The van der Waals surface area contributed by atoms with Gasteiger partial charge in [0.15, 0.2) is 0 Å². The molecule has 2 aromatic rings. The number of sulfonamides is 1. The molecule has 0 amide bonds. The highest BCUT2D eigenvalue weighted by Gasteiger charge is 2.15. The zero-order valence-corrected chi connectivity index (χ0v) is 13.0. The lowest BCUT2D eigenvalue weighted by molar-refractivity contribution is 0.575. The summed E-state index contributed by atoms with van der Waals surface area (Å²) >= 11 is 4.83. The van der Waals surface area contributed by atoms with E-state index in [4.69, 9.17) is 18.0 Å². The van der Waals surface area contributed by atoms with Crippen molar-refractivity contribution in [2.45, 2.75) is 24.9 Å². The largest absolute Gasteiger partial charge is 0.389 e. The van der Waals surface area contributed by atoms with Crippen LogP contribution in [0.5, 0.6) is 0 Å². The van der Waals surface area contributed by atoms with E-state index in [0.29, 0.717) is 17.9 Å². The summed E-state index contributed by atoms with van der Waals surface area (Å²) in [5, 5.41) is 7.62. The molecule has 0 atom stereocenters. The van der Waals surface area contributed by atoms with Gasteiger partial charge in [-0.25, -0.2) is 13.1 Å². The first-order valence-corrected chi connectivity index (χ1v) is 8.09. The van der Waals surface area contributed by atoms with Crippen molar-refractivity contribution in [2.75, 3.05) is 0 Å². The van der Waals surface area contributed by atoms with Crippen molar-refractivity contribution in [2.24, 2.45) is 5.73 Å². The molecule has 0 radical (unpaired) electrons. The van der Waals surface area contributed by atoms with E-state index in [1.165, 1.54) is 12.1 Å². The third kappa shape index (κ3) is 3.63. The SMILES string of the molecule is CCn1cnnc1CNS(=O)(=O)c1ccc(C(N)=S)cc1. The minimum absolute atomic E-state index is 0.0766. The standard InChI is InChI=1S/C12H15N5O2S2/c1-2-17-8-14-16-11(17)7-15-21(18,19)10-5-3-9(4-6-10)12(13)20/h3-6,8,15H,2,7H2,1H3,(H2,13,20). The summed E-state index contributed by atoms with van der Waals surface area (Å²) in [6.45, 7) is 2.68. The van der Waals surface area contributed by atoms with Crippen LogP contribution in [0.2, 0.25) is 0 Å². The highest BCUT2D eigenvalue weighted by atomic mass is 32.2. The van der Waals surface area contributed by atoms with Gasteiger partial charge in [-0.3, -0.25) is 0 Å². The number of nitrogens with zero attached hydrogens (tertiary/aromatic N) is 3. The van der Waals surface area contributed by atoms with Gasteiger partial charge in [-0.15, -0.1) is 10.2 Å². The molecule has 3 N–H and O–H groups in total. The molecule has 0 aliphatic carbocycles. The molecule has 1 heterocycles. The van der Waals surface area contributed by atoms with Gasteiger partial charge in [0.1, 0.15) is 17.1 Å². The Kier molecular flexibility index (Phi) is 4.66. The molecular formula is C12H15N5O2S2. The summed E-state index contributed by atoms with van der Waals surface area (Å²) in [6.07, 6.45) is 1.56. The number of aryl methyl sites for hydroxylation is 1. The number of benzene rings is 1. The highest BCUT2D eigenvalue weighted by Crippen LogP contribution is 2.11. The van der Waals surface area contributed by atoms with E-state index in [0.717, 1.165) is 0 Å². The van der Waals surface area contributed by atoms with E-state index < -0.39 is 10.0 Å². The Labute approximate surface area is 128 Å². The average molecular weight is 325 g/mol. The van der Waals surface area contributed by atoms with Gasteiger partial charge in [0, 0.05) is 12.1 Å². The van der Waals surface area contributed by atoms with Crippen molar-refractivity contribution >= 4 is 27.2 Å². The van der Waals surface area contributed by atoms with Crippen molar-refractivity contribution in [3.05, 3.63) is 42.0 Å². The Hall–Kier alpha value is -1.84. The molecule has 0 fully saturated rings. The molecule has 0 saturated carbocycles. The number of rotatable bonds is 6. The first-order chi connectivity index (χ1) is 9.94. The van der Waals surface area contributed by atoms with Crippen LogP contribution < -0.4 is 10.5 Å². The van der Waals surface area contributed by atoms with Crippen LogP contribution in [-0.4, -0.2) is 28.2 Å². The van der Waals surface area contributed by atoms with E-state index in [1.807, 2.05) is 6.92 Å². The molecule has 0 spiro atoms. The minimum Gasteiger partial charge on any atom is -0.389 e. The Morgan fingerprint density at radius 1 is 1.38 bits per heavy atom. The number of thiocarbonyl (C=S) groups is 1. The maximum Gasteiger partial charge on any atom is 0.240 e. The van der Waals surface area contributed by atoms with E-state index in [-0.39, 0.29) is 16.4 Å². The maximum atomic E-state index is 12.2. The van der Waals surface area contributed by atoms with Gasteiger partial charge in [0.2, 0.25) is 10.0 Å². The molecule has 0 aliphatic heterocycles. The maximum absolute atomic E-state index is 12.2. The molecule has 9 heteroatoms. The average Bonchev–Trinajstić information content (AvgIpc) is 2.93. The fraction of sp³-hybridized carbons (Fsp3) is 0.250. The number of aromatic nitrogens is 3. The summed E-state index contributed by atoms with van der Waals surface area (Å²) in [7, 11) is -3.62. The van der Waals surface area contributed by atoms with Crippen molar-refractivity contribution in [1.29, 1.82) is 0 Å². The van der Waals surface area contributed by atoms with Crippen LogP contribution in [0.3, 0.4) is 0 Å². The lowest BCUT2D eigenvalue weighted by Gasteiger charge is -2.08. The Morgan fingerprint density at radius 3 is 2.62 bits per heavy atom. The molecule has 1 aromatic heterocycles. The van der Waals surface area contributed by atoms with Crippen LogP contribution in [0.15, 0.2) is 35.5 Å². The van der Waals surface area contributed by atoms with Gasteiger partial charge in [-0.1, -0.05) is 24.4 Å². The lowest BCUT2D eigenvalue weighted by Crippen LogP contribution is -2.25. The van der Waals surface area contributed by atoms with Gasteiger partial charge in [-0.05, 0) is 19.1 Å². The van der Waals surface area contributed by atoms with Crippen LogP contribution in [0.1, 0.15) is 18.3 Å². The monoisotopic (exact) mass is 325 g/mol. The Morgan fingerprint density at radius 2 is 2.05 bits per heavy atom. The third-order valence-corrected chi connectivity index (χ3v) is 4.56. The predicted octanol–water partition coefficient (Wildman–Crippen LogP) is 0.411. The molecule has 2 rings (SSSR count). The van der Waals surface area contributed by atoms with E-state index >= 15 is 0 Å². The fourth-order valence-electron chi connectivity index (χ4n) is 1.72. The lowest BCUT2D eigenvalue weighted by atomic mass is 10.2. The molecule has 0 unspecified atom stereocenters. The minimum atomic E-state index is -3.62. The van der Waals surface area contributed by atoms with Gasteiger partial charge < -0.3 is 10.3 Å². The Balaban J connectivity index is 2.13. The second-order valence-corrected chi connectivity index (χ2v) is 6.45. The zero-order chi connectivity index (χ0) is 15.5. The van der Waals surface area contributed by atoms with Gasteiger partial charge in [0.05, 0.1) is 11.4 Å². The first-order valence-electron chi connectivity index (χ1n) is 6.20. The number of hydrogen-bond donors (Lipinski definition) is 2. The van der Waals surface area contributed by atoms with Crippen molar-refractivity contribution in [3.63, 3.8) is 0 Å². The topological polar surface area (TPSA) is 103 Å². The smallest absolute Gasteiger partial charge is 0.240 e. The summed E-state index contributed by atoms with van der Waals surface area (Å²) in [6, 6.07) is 6.07. The molecular weight excluding hydrogens is 310 g/mol. The van der Waals surface area contributed by atoms with E-state index in [1.54, 1.807) is 23.0 Å². The van der Waals surface area contributed by atoms with E-state index in [9.17, 15) is 8.42 Å². The van der Waals surface area contributed by atoms with Crippen molar-refractivity contribution < 1.29 is 8.42 Å². The second-order valence-electron chi connectivity index (χ2n) is 4.25. The summed E-state index contributed by atoms with van der Waals surface area (Å²) in [5.41, 5.74) is 6.10. The number of nitrogens with two attached hydrogens (primary N) is 1. The van der Waals surface area contributed by atoms with Crippen molar-refractivity contribution in [3.8, 4) is 0 Å². The number of nitrogens with one attached hydrogen (secondary N) is 1. The molecule has 0 saturated heterocycles. The van der Waals surface area contributed by atoms with Crippen molar-refractivity contribution in [1.82, 2.24) is 19.5 Å². The summed E-state index contributed by atoms with van der Waals surface area (Å²) in [5.74, 6) is 0.556. The number of hydrogen-bond acceptors (Lipinski definition) is 5. The fourth-order valence-corrected chi connectivity index (χ4v) is 2.84. The zero-order valence-electron chi connectivity index (χ0n) is 11.4. The molecule has 0 bridgehead atoms. The second kappa shape index (κ2) is 6.29. The van der Waals surface area contributed by atoms with Crippen LogP contribution in [0.4, 0.5) is 0 Å². The highest BCUT2D eigenvalue weighted by molar-refractivity contribution is 7.89. The van der Waals surface area contributed by atoms with Crippen LogP contribution in [-0.2, 0) is 23.1 Å². The quantitative estimate of drug-likeness (QED) is 0.746. The molecule has 112 valence electrons.